The van der Waals surface area contributed by atoms with Crippen molar-refractivity contribution in [1.82, 2.24) is 9.78 Å². The van der Waals surface area contributed by atoms with Gasteiger partial charge in [-0.05, 0) is 44.2 Å². The molecular weight excluding hydrogens is 234 g/mol. The van der Waals surface area contributed by atoms with E-state index in [1.807, 2.05) is 41.2 Å². The van der Waals surface area contributed by atoms with Crippen molar-refractivity contribution in [3.63, 3.8) is 0 Å². The number of anilines is 1. The maximum atomic E-state index is 5.82. The molecule has 2 rings (SSSR count). The van der Waals surface area contributed by atoms with Gasteiger partial charge < -0.3 is 5.32 Å². The summed E-state index contributed by atoms with van der Waals surface area (Å²) >= 11 is 5.82. The highest BCUT2D eigenvalue weighted by Crippen LogP contribution is 2.14. The Hall–Kier alpha value is -1.48. The van der Waals surface area contributed by atoms with Gasteiger partial charge in [-0.1, -0.05) is 11.6 Å². The van der Waals surface area contributed by atoms with E-state index in [4.69, 9.17) is 11.6 Å². The number of benzene rings is 1. The highest BCUT2D eigenvalue weighted by atomic mass is 35.5. The average molecular weight is 250 g/mol. The predicted octanol–water partition coefficient (Wildman–Crippen LogP) is 3.73. The van der Waals surface area contributed by atoms with Crippen molar-refractivity contribution < 1.29 is 0 Å². The Morgan fingerprint density at radius 3 is 2.53 bits per heavy atom. The first kappa shape index (κ1) is 12.0. The summed E-state index contributed by atoms with van der Waals surface area (Å²) in [5, 5.41) is 8.53. The molecule has 2 aromatic rings. The summed E-state index contributed by atoms with van der Waals surface area (Å²) in [6.45, 7) is 4.95. The SMILES string of the molecule is CC(C)n1ccc(CNc2ccc(Cl)cc2)n1. The van der Waals surface area contributed by atoms with Gasteiger partial charge in [0.05, 0.1) is 12.2 Å². The molecular formula is C13H16ClN3. The Morgan fingerprint density at radius 2 is 1.94 bits per heavy atom. The summed E-state index contributed by atoms with van der Waals surface area (Å²) < 4.78 is 1.96. The number of rotatable bonds is 4. The molecule has 90 valence electrons. The molecule has 0 radical (unpaired) electrons. The first-order chi connectivity index (χ1) is 8.15. The van der Waals surface area contributed by atoms with Gasteiger partial charge in [0.2, 0.25) is 0 Å². The molecule has 17 heavy (non-hydrogen) atoms. The topological polar surface area (TPSA) is 29.9 Å². The van der Waals surface area contributed by atoms with E-state index >= 15 is 0 Å². The Labute approximate surface area is 106 Å². The molecule has 0 atom stereocenters. The maximum Gasteiger partial charge on any atom is 0.0815 e. The molecule has 4 heteroatoms. The van der Waals surface area contributed by atoms with E-state index in [9.17, 15) is 0 Å². The summed E-state index contributed by atoms with van der Waals surface area (Å²) in [5.74, 6) is 0. The second kappa shape index (κ2) is 5.23. The number of nitrogens with one attached hydrogen (secondary N) is 1. The smallest absolute Gasteiger partial charge is 0.0815 e. The molecule has 0 aliphatic heterocycles. The van der Waals surface area contributed by atoms with Crippen molar-refractivity contribution in [2.75, 3.05) is 5.32 Å². The minimum absolute atomic E-state index is 0.402. The second-order valence-corrected chi connectivity index (χ2v) is 4.68. The largest absolute Gasteiger partial charge is 0.379 e. The molecule has 0 aliphatic rings. The van der Waals surface area contributed by atoms with Crippen molar-refractivity contribution in [2.45, 2.75) is 26.4 Å². The number of hydrogen-bond acceptors (Lipinski definition) is 2. The normalized spacial score (nSPS) is 10.8. The van der Waals surface area contributed by atoms with Crippen LogP contribution in [0.5, 0.6) is 0 Å². The third-order valence-electron chi connectivity index (χ3n) is 2.51. The van der Waals surface area contributed by atoms with Crippen LogP contribution in [-0.2, 0) is 6.54 Å². The van der Waals surface area contributed by atoms with Crippen LogP contribution >= 0.6 is 11.6 Å². The molecule has 0 spiro atoms. The fraction of sp³-hybridized carbons (Fsp3) is 0.308. The zero-order valence-electron chi connectivity index (χ0n) is 10.0. The van der Waals surface area contributed by atoms with Crippen LogP contribution in [0.25, 0.3) is 0 Å². The standard InChI is InChI=1S/C13H16ClN3/c1-10(2)17-8-7-13(16-17)9-15-12-5-3-11(14)4-6-12/h3-8,10,15H,9H2,1-2H3. The molecule has 0 bridgehead atoms. The lowest BCUT2D eigenvalue weighted by Gasteiger charge is -2.05. The molecule has 0 saturated heterocycles. The van der Waals surface area contributed by atoms with Crippen molar-refractivity contribution in [3.05, 3.63) is 47.2 Å². The Morgan fingerprint density at radius 1 is 1.24 bits per heavy atom. The van der Waals surface area contributed by atoms with Gasteiger partial charge in [0.25, 0.3) is 0 Å². The minimum atomic E-state index is 0.402. The van der Waals surface area contributed by atoms with Crippen LogP contribution < -0.4 is 5.32 Å². The van der Waals surface area contributed by atoms with Crippen molar-refractivity contribution in [3.8, 4) is 0 Å². The van der Waals surface area contributed by atoms with Gasteiger partial charge in [0.1, 0.15) is 0 Å². The minimum Gasteiger partial charge on any atom is -0.379 e. The van der Waals surface area contributed by atoms with Crippen LogP contribution in [0.3, 0.4) is 0 Å². The average Bonchev–Trinajstić information content (AvgIpc) is 2.77. The monoisotopic (exact) mass is 249 g/mol. The Bertz CT molecular complexity index is 474. The summed E-state index contributed by atoms with van der Waals surface area (Å²) in [6, 6.07) is 10.1. The van der Waals surface area contributed by atoms with E-state index in [-0.39, 0.29) is 0 Å². The first-order valence-electron chi connectivity index (χ1n) is 5.68. The van der Waals surface area contributed by atoms with Crippen LogP contribution in [0.2, 0.25) is 5.02 Å². The Kier molecular flexibility index (Phi) is 3.69. The Balaban J connectivity index is 1.95. The first-order valence-corrected chi connectivity index (χ1v) is 6.06. The van der Waals surface area contributed by atoms with E-state index in [1.54, 1.807) is 0 Å². The van der Waals surface area contributed by atoms with Crippen molar-refractivity contribution in [1.29, 1.82) is 0 Å². The third-order valence-corrected chi connectivity index (χ3v) is 2.76. The molecule has 0 amide bonds. The summed E-state index contributed by atoms with van der Waals surface area (Å²) in [6.07, 6.45) is 2.00. The fourth-order valence-electron chi connectivity index (χ4n) is 1.52. The molecule has 1 heterocycles. The van der Waals surface area contributed by atoms with Crippen molar-refractivity contribution >= 4 is 17.3 Å². The van der Waals surface area contributed by atoms with Gasteiger partial charge in [-0.15, -0.1) is 0 Å². The molecule has 0 aliphatic carbocycles. The van der Waals surface area contributed by atoms with Gasteiger partial charge in [0, 0.05) is 22.9 Å². The van der Waals surface area contributed by atoms with E-state index in [0.717, 1.165) is 22.9 Å². The lowest BCUT2D eigenvalue weighted by Crippen LogP contribution is -2.04. The fourth-order valence-corrected chi connectivity index (χ4v) is 1.65. The van der Waals surface area contributed by atoms with Gasteiger partial charge >= 0.3 is 0 Å². The number of nitrogens with zero attached hydrogens (tertiary/aromatic N) is 2. The number of aromatic nitrogens is 2. The number of halogens is 1. The molecule has 3 nitrogen and oxygen atoms in total. The van der Waals surface area contributed by atoms with E-state index in [2.05, 4.69) is 24.3 Å². The zero-order valence-corrected chi connectivity index (χ0v) is 10.8. The van der Waals surface area contributed by atoms with Crippen LogP contribution in [0.1, 0.15) is 25.6 Å². The van der Waals surface area contributed by atoms with Crippen LogP contribution in [-0.4, -0.2) is 9.78 Å². The molecule has 1 aromatic heterocycles. The van der Waals surface area contributed by atoms with Crippen LogP contribution in [0.15, 0.2) is 36.5 Å². The molecule has 1 aromatic carbocycles. The summed E-state index contributed by atoms with van der Waals surface area (Å²) in [7, 11) is 0. The highest BCUT2D eigenvalue weighted by molar-refractivity contribution is 6.30. The van der Waals surface area contributed by atoms with E-state index in [1.165, 1.54) is 0 Å². The van der Waals surface area contributed by atoms with E-state index in [0.29, 0.717) is 6.04 Å². The summed E-state index contributed by atoms with van der Waals surface area (Å²) in [4.78, 5) is 0. The molecule has 0 saturated carbocycles. The molecule has 0 fully saturated rings. The number of hydrogen-bond donors (Lipinski definition) is 1. The summed E-state index contributed by atoms with van der Waals surface area (Å²) in [5.41, 5.74) is 2.09. The predicted molar refractivity (Wildman–Crippen MR) is 71.4 cm³/mol. The van der Waals surface area contributed by atoms with Crippen molar-refractivity contribution in [2.24, 2.45) is 0 Å². The van der Waals surface area contributed by atoms with Gasteiger partial charge in [-0.25, -0.2) is 0 Å². The zero-order chi connectivity index (χ0) is 12.3. The molecule has 0 unspecified atom stereocenters. The quantitative estimate of drug-likeness (QED) is 0.895. The molecule has 1 N–H and O–H groups in total. The van der Waals surface area contributed by atoms with Crippen LogP contribution in [0.4, 0.5) is 5.69 Å². The van der Waals surface area contributed by atoms with Gasteiger partial charge in [-0.3, -0.25) is 4.68 Å². The van der Waals surface area contributed by atoms with E-state index < -0.39 is 0 Å². The van der Waals surface area contributed by atoms with Gasteiger partial charge in [-0.2, -0.15) is 5.10 Å². The maximum absolute atomic E-state index is 5.82. The van der Waals surface area contributed by atoms with Crippen LogP contribution in [0, 0.1) is 0 Å². The lowest BCUT2D eigenvalue weighted by molar-refractivity contribution is 0.527. The third kappa shape index (κ3) is 3.24. The van der Waals surface area contributed by atoms with Gasteiger partial charge in [0.15, 0.2) is 0 Å². The highest BCUT2D eigenvalue weighted by Gasteiger charge is 2.01. The lowest BCUT2D eigenvalue weighted by atomic mass is 10.3. The second-order valence-electron chi connectivity index (χ2n) is 4.24.